The number of nitrogens with one attached hydrogen (secondary N) is 1. The molecular formula is C12H10BrN3O. The quantitative estimate of drug-likeness (QED) is 0.866. The highest BCUT2D eigenvalue weighted by atomic mass is 79.9. The van der Waals surface area contributed by atoms with Crippen LogP contribution >= 0.6 is 15.9 Å². The zero-order valence-corrected chi connectivity index (χ0v) is 10.7. The van der Waals surface area contributed by atoms with Crippen molar-refractivity contribution in [1.82, 2.24) is 9.97 Å². The number of aromatic nitrogens is 2. The Labute approximate surface area is 107 Å². The summed E-state index contributed by atoms with van der Waals surface area (Å²) in [4.78, 5) is 20.0. The van der Waals surface area contributed by atoms with E-state index in [2.05, 4.69) is 31.2 Å². The molecule has 0 saturated carbocycles. The molecule has 0 unspecified atom stereocenters. The summed E-state index contributed by atoms with van der Waals surface area (Å²) in [5.41, 5.74) is 2.05. The van der Waals surface area contributed by atoms with Crippen molar-refractivity contribution in [2.24, 2.45) is 0 Å². The predicted octanol–water partition coefficient (Wildman–Crippen LogP) is 2.80. The highest BCUT2D eigenvalue weighted by Gasteiger charge is 2.08. The van der Waals surface area contributed by atoms with Crippen LogP contribution in [0.5, 0.6) is 0 Å². The number of anilines is 1. The summed E-state index contributed by atoms with van der Waals surface area (Å²) in [5, 5.41) is 2.80. The number of nitrogens with zero attached hydrogens (tertiary/aromatic N) is 2. The second-order valence-corrected chi connectivity index (χ2v) is 4.27. The molecule has 86 valence electrons. The molecule has 0 spiro atoms. The van der Waals surface area contributed by atoms with Crippen LogP contribution in [0.4, 0.5) is 5.69 Å². The first kappa shape index (κ1) is 11.7. The molecule has 17 heavy (non-hydrogen) atoms. The van der Waals surface area contributed by atoms with Crippen molar-refractivity contribution in [2.45, 2.75) is 6.92 Å². The van der Waals surface area contributed by atoms with Gasteiger partial charge in [0.05, 0.1) is 11.4 Å². The van der Waals surface area contributed by atoms with E-state index in [1.807, 2.05) is 13.0 Å². The lowest BCUT2D eigenvalue weighted by atomic mass is 10.2. The third-order valence-electron chi connectivity index (χ3n) is 2.24. The van der Waals surface area contributed by atoms with Crippen molar-refractivity contribution < 1.29 is 4.79 Å². The number of halogens is 1. The number of rotatable bonds is 2. The summed E-state index contributed by atoms with van der Waals surface area (Å²) in [5.74, 6) is -0.177. The summed E-state index contributed by atoms with van der Waals surface area (Å²) >= 11 is 3.23. The van der Waals surface area contributed by atoms with Gasteiger partial charge in [0, 0.05) is 18.0 Å². The highest BCUT2D eigenvalue weighted by molar-refractivity contribution is 9.10. The molecule has 2 aromatic rings. The largest absolute Gasteiger partial charge is 0.320 e. The third-order valence-corrected chi connectivity index (χ3v) is 2.68. The van der Waals surface area contributed by atoms with Crippen LogP contribution < -0.4 is 5.32 Å². The number of carbonyl (C=O) groups excluding carboxylic acids is 1. The van der Waals surface area contributed by atoms with Crippen LogP contribution in [0.25, 0.3) is 0 Å². The van der Waals surface area contributed by atoms with Gasteiger partial charge in [0.2, 0.25) is 0 Å². The fourth-order valence-electron chi connectivity index (χ4n) is 1.35. The summed E-state index contributed by atoms with van der Waals surface area (Å²) in [7, 11) is 0. The number of aryl methyl sites for hydroxylation is 1. The molecule has 5 heteroatoms. The van der Waals surface area contributed by atoms with Gasteiger partial charge in [0.15, 0.2) is 0 Å². The Bertz CT molecular complexity index is 557. The first-order valence-corrected chi connectivity index (χ1v) is 5.80. The topological polar surface area (TPSA) is 54.9 Å². The molecule has 4 nitrogen and oxygen atoms in total. The van der Waals surface area contributed by atoms with Crippen molar-refractivity contribution in [1.29, 1.82) is 0 Å². The molecule has 0 saturated heterocycles. The average Bonchev–Trinajstić information content (AvgIpc) is 2.32. The van der Waals surface area contributed by atoms with E-state index in [0.717, 1.165) is 5.69 Å². The van der Waals surface area contributed by atoms with Gasteiger partial charge in [-0.2, -0.15) is 0 Å². The van der Waals surface area contributed by atoms with Crippen molar-refractivity contribution in [3.8, 4) is 0 Å². The molecule has 0 fully saturated rings. The van der Waals surface area contributed by atoms with Gasteiger partial charge in [-0.1, -0.05) is 0 Å². The predicted molar refractivity (Wildman–Crippen MR) is 68.9 cm³/mol. The summed E-state index contributed by atoms with van der Waals surface area (Å²) in [6.07, 6.45) is 3.27. The Balaban J connectivity index is 2.20. The van der Waals surface area contributed by atoms with Crippen LogP contribution in [0, 0.1) is 6.92 Å². The Morgan fingerprint density at radius 2 is 2.12 bits per heavy atom. The van der Waals surface area contributed by atoms with Gasteiger partial charge in [-0.15, -0.1) is 0 Å². The Hall–Kier alpha value is -1.75. The molecule has 2 heterocycles. The van der Waals surface area contributed by atoms with Crippen molar-refractivity contribution in [3.05, 3.63) is 52.5 Å². The third kappa shape index (κ3) is 2.88. The zero-order chi connectivity index (χ0) is 12.3. The molecule has 1 N–H and O–H groups in total. The second kappa shape index (κ2) is 5.05. The standard InChI is InChI=1S/C12H10BrN3O/c1-8-10(3-2-5-14-8)16-12(17)9-4-6-15-11(13)7-9/h2-7H,1H3,(H,16,17). The number of amides is 1. The fourth-order valence-corrected chi connectivity index (χ4v) is 1.72. The molecule has 0 aromatic carbocycles. The van der Waals surface area contributed by atoms with Gasteiger partial charge in [0.25, 0.3) is 5.91 Å². The molecule has 0 bridgehead atoms. The normalized spacial score (nSPS) is 10.0. The lowest BCUT2D eigenvalue weighted by molar-refractivity contribution is 0.102. The highest BCUT2D eigenvalue weighted by Crippen LogP contribution is 2.13. The van der Waals surface area contributed by atoms with Gasteiger partial charge in [-0.3, -0.25) is 9.78 Å². The minimum atomic E-state index is -0.177. The van der Waals surface area contributed by atoms with Crippen LogP contribution in [0.3, 0.4) is 0 Å². The van der Waals surface area contributed by atoms with Gasteiger partial charge in [-0.05, 0) is 47.1 Å². The van der Waals surface area contributed by atoms with Crippen molar-refractivity contribution >= 4 is 27.5 Å². The van der Waals surface area contributed by atoms with Crippen LogP contribution in [0.2, 0.25) is 0 Å². The fraction of sp³-hybridized carbons (Fsp3) is 0.0833. The van der Waals surface area contributed by atoms with E-state index in [9.17, 15) is 4.79 Å². The summed E-state index contributed by atoms with van der Waals surface area (Å²) in [6, 6.07) is 6.92. The van der Waals surface area contributed by atoms with Gasteiger partial charge in [-0.25, -0.2) is 4.98 Å². The van der Waals surface area contributed by atoms with Gasteiger partial charge >= 0.3 is 0 Å². The molecular weight excluding hydrogens is 282 g/mol. The van der Waals surface area contributed by atoms with E-state index in [0.29, 0.717) is 15.9 Å². The maximum atomic E-state index is 11.9. The maximum Gasteiger partial charge on any atom is 0.255 e. The SMILES string of the molecule is Cc1ncccc1NC(=O)c1ccnc(Br)c1. The van der Waals surface area contributed by atoms with Gasteiger partial charge in [0.1, 0.15) is 4.60 Å². The van der Waals surface area contributed by atoms with Crippen LogP contribution in [0.1, 0.15) is 16.1 Å². The molecule has 2 rings (SSSR count). The molecule has 2 aromatic heterocycles. The van der Waals surface area contributed by atoms with E-state index in [-0.39, 0.29) is 5.91 Å². The minimum Gasteiger partial charge on any atom is -0.320 e. The van der Waals surface area contributed by atoms with Crippen LogP contribution in [0.15, 0.2) is 41.3 Å². The minimum absolute atomic E-state index is 0.177. The van der Waals surface area contributed by atoms with Crippen LogP contribution in [-0.2, 0) is 0 Å². The second-order valence-electron chi connectivity index (χ2n) is 3.46. The molecule has 0 aliphatic heterocycles. The maximum absolute atomic E-state index is 11.9. The Morgan fingerprint density at radius 3 is 2.82 bits per heavy atom. The number of hydrogen-bond donors (Lipinski definition) is 1. The molecule has 0 aliphatic rings. The van der Waals surface area contributed by atoms with Crippen molar-refractivity contribution in [2.75, 3.05) is 5.32 Å². The number of carbonyl (C=O) groups is 1. The number of hydrogen-bond acceptors (Lipinski definition) is 3. The number of pyridine rings is 2. The molecule has 1 amide bonds. The Kier molecular flexibility index (Phi) is 3.49. The van der Waals surface area contributed by atoms with E-state index in [1.165, 1.54) is 0 Å². The lowest BCUT2D eigenvalue weighted by Gasteiger charge is -2.07. The lowest BCUT2D eigenvalue weighted by Crippen LogP contribution is -2.13. The van der Waals surface area contributed by atoms with E-state index >= 15 is 0 Å². The van der Waals surface area contributed by atoms with E-state index in [1.54, 1.807) is 30.6 Å². The monoisotopic (exact) mass is 291 g/mol. The van der Waals surface area contributed by atoms with E-state index in [4.69, 9.17) is 0 Å². The zero-order valence-electron chi connectivity index (χ0n) is 9.14. The average molecular weight is 292 g/mol. The van der Waals surface area contributed by atoms with Crippen molar-refractivity contribution in [3.63, 3.8) is 0 Å². The van der Waals surface area contributed by atoms with Gasteiger partial charge < -0.3 is 5.32 Å². The first-order chi connectivity index (χ1) is 8.16. The first-order valence-electron chi connectivity index (χ1n) is 5.01. The summed E-state index contributed by atoms with van der Waals surface area (Å²) in [6.45, 7) is 1.85. The smallest absolute Gasteiger partial charge is 0.255 e. The molecule has 0 atom stereocenters. The Morgan fingerprint density at radius 1 is 1.29 bits per heavy atom. The molecule has 0 radical (unpaired) electrons. The van der Waals surface area contributed by atoms with Crippen LogP contribution in [-0.4, -0.2) is 15.9 Å². The van der Waals surface area contributed by atoms with E-state index < -0.39 is 0 Å². The summed E-state index contributed by atoms with van der Waals surface area (Å²) < 4.78 is 0.632. The molecule has 0 aliphatic carbocycles.